The van der Waals surface area contributed by atoms with Crippen molar-refractivity contribution in [2.75, 3.05) is 12.4 Å². The molecule has 0 unspecified atom stereocenters. The maximum atomic E-state index is 11.9. The number of hydrogen-bond donors (Lipinski definition) is 1. The molecule has 0 saturated heterocycles. The van der Waals surface area contributed by atoms with Gasteiger partial charge >= 0.3 is 5.69 Å². The quantitative estimate of drug-likeness (QED) is 0.605. The van der Waals surface area contributed by atoms with E-state index in [2.05, 4.69) is 11.9 Å². The first-order valence-corrected chi connectivity index (χ1v) is 5.48. The molecule has 1 aromatic heterocycles. The first-order chi connectivity index (χ1) is 7.22. The van der Waals surface area contributed by atoms with E-state index in [0.717, 1.165) is 30.9 Å². The van der Waals surface area contributed by atoms with Crippen LogP contribution in [0.2, 0.25) is 0 Å². The van der Waals surface area contributed by atoms with E-state index < -0.39 is 0 Å². The SMILES string of the molecule is C=C(CCl)Cn1cc2n(c1=O)CCNC2. The molecular weight excluding hydrogens is 214 g/mol. The molecule has 0 aliphatic carbocycles. The Morgan fingerprint density at radius 1 is 1.67 bits per heavy atom. The van der Waals surface area contributed by atoms with Crippen LogP contribution in [0.3, 0.4) is 0 Å². The molecule has 1 N–H and O–H groups in total. The van der Waals surface area contributed by atoms with Crippen molar-refractivity contribution in [3.8, 4) is 0 Å². The summed E-state index contributed by atoms with van der Waals surface area (Å²) in [5, 5.41) is 3.23. The van der Waals surface area contributed by atoms with Gasteiger partial charge in [-0.15, -0.1) is 11.6 Å². The van der Waals surface area contributed by atoms with Gasteiger partial charge in [0, 0.05) is 38.3 Å². The zero-order valence-corrected chi connectivity index (χ0v) is 9.26. The zero-order valence-electron chi connectivity index (χ0n) is 8.50. The van der Waals surface area contributed by atoms with Crippen molar-refractivity contribution in [1.29, 1.82) is 0 Å². The summed E-state index contributed by atoms with van der Waals surface area (Å²) >= 11 is 5.65. The van der Waals surface area contributed by atoms with Gasteiger partial charge < -0.3 is 5.32 Å². The van der Waals surface area contributed by atoms with Gasteiger partial charge in [-0.05, 0) is 5.57 Å². The van der Waals surface area contributed by atoms with E-state index in [4.69, 9.17) is 11.6 Å². The second-order valence-corrected chi connectivity index (χ2v) is 4.01. The fourth-order valence-corrected chi connectivity index (χ4v) is 1.85. The monoisotopic (exact) mass is 227 g/mol. The van der Waals surface area contributed by atoms with E-state index in [1.807, 2.05) is 6.20 Å². The summed E-state index contributed by atoms with van der Waals surface area (Å²) in [6, 6.07) is 0. The van der Waals surface area contributed by atoms with Crippen molar-refractivity contribution in [2.45, 2.75) is 19.6 Å². The third-order valence-corrected chi connectivity index (χ3v) is 2.91. The molecule has 0 atom stereocenters. The van der Waals surface area contributed by atoms with Crippen molar-refractivity contribution in [1.82, 2.24) is 14.5 Å². The molecule has 1 aliphatic rings. The zero-order chi connectivity index (χ0) is 10.8. The number of aromatic nitrogens is 2. The average molecular weight is 228 g/mol. The lowest BCUT2D eigenvalue weighted by Gasteiger charge is -2.13. The molecule has 0 fully saturated rings. The lowest BCUT2D eigenvalue weighted by atomic mass is 10.3. The van der Waals surface area contributed by atoms with Crippen LogP contribution < -0.4 is 11.0 Å². The van der Waals surface area contributed by atoms with Crippen LogP contribution in [-0.4, -0.2) is 21.6 Å². The number of nitrogens with one attached hydrogen (secondary N) is 1. The van der Waals surface area contributed by atoms with E-state index in [9.17, 15) is 4.79 Å². The van der Waals surface area contributed by atoms with Crippen LogP contribution in [0.25, 0.3) is 0 Å². The lowest BCUT2D eigenvalue weighted by molar-refractivity contribution is 0.501. The van der Waals surface area contributed by atoms with Crippen molar-refractivity contribution in [2.24, 2.45) is 0 Å². The largest absolute Gasteiger partial charge is 0.328 e. The van der Waals surface area contributed by atoms with Gasteiger partial charge in [-0.25, -0.2) is 4.79 Å². The van der Waals surface area contributed by atoms with Crippen LogP contribution in [0.5, 0.6) is 0 Å². The Labute approximate surface area is 93.2 Å². The number of imidazole rings is 1. The molecule has 0 radical (unpaired) electrons. The minimum atomic E-state index is 0.0396. The van der Waals surface area contributed by atoms with Gasteiger partial charge in [0.1, 0.15) is 0 Å². The Morgan fingerprint density at radius 3 is 3.13 bits per heavy atom. The van der Waals surface area contributed by atoms with E-state index >= 15 is 0 Å². The molecule has 15 heavy (non-hydrogen) atoms. The van der Waals surface area contributed by atoms with Gasteiger partial charge in [-0.1, -0.05) is 6.58 Å². The third kappa shape index (κ3) is 2.01. The molecule has 2 rings (SSSR count). The smallest absolute Gasteiger partial charge is 0.309 e. The van der Waals surface area contributed by atoms with Crippen molar-refractivity contribution in [3.63, 3.8) is 0 Å². The van der Waals surface area contributed by atoms with Crippen LogP contribution in [0.4, 0.5) is 0 Å². The number of alkyl halides is 1. The van der Waals surface area contributed by atoms with E-state index in [0.29, 0.717) is 12.4 Å². The van der Waals surface area contributed by atoms with Crippen LogP contribution in [0.1, 0.15) is 5.69 Å². The van der Waals surface area contributed by atoms with Gasteiger partial charge in [0.05, 0.1) is 5.69 Å². The standard InChI is InChI=1S/C10H14ClN3O/c1-8(4-11)6-13-7-9-5-12-2-3-14(9)10(13)15/h7,12H,1-6H2. The number of allylic oxidation sites excluding steroid dienone is 1. The maximum Gasteiger partial charge on any atom is 0.328 e. The maximum absolute atomic E-state index is 11.9. The van der Waals surface area contributed by atoms with E-state index in [1.54, 1.807) is 9.13 Å². The molecule has 1 aliphatic heterocycles. The molecular formula is C10H14ClN3O. The summed E-state index contributed by atoms with van der Waals surface area (Å²) in [6.45, 7) is 6.67. The number of hydrogen-bond acceptors (Lipinski definition) is 2. The van der Waals surface area contributed by atoms with Crippen molar-refractivity contribution in [3.05, 3.63) is 34.5 Å². The Morgan fingerprint density at radius 2 is 2.47 bits per heavy atom. The number of fused-ring (bicyclic) bond motifs is 1. The summed E-state index contributed by atoms with van der Waals surface area (Å²) in [4.78, 5) is 11.9. The van der Waals surface area contributed by atoms with Crippen LogP contribution in [0, 0.1) is 0 Å². The summed E-state index contributed by atoms with van der Waals surface area (Å²) in [6.07, 6.45) is 1.88. The number of halogens is 1. The molecule has 5 heteroatoms. The van der Waals surface area contributed by atoms with Gasteiger partial charge in [-0.2, -0.15) is 0 Å². The topological polar surface area (TPSA) is 39.0 Å². The molecule has 4 nitrogen and oxygen atoms in total. The Hall–Kier alpha value is -1.00. The summed E-state index contributed by atoms with van der Waals surface area (Å²) in [5.74, 6) is 0.394. The predicted molar refractivity (Wildman–Crippen MR) is 60.3 cm³/mol. The van der Waals surface area contributed by atoms with Gasteiger partial charge in [-0.3, -0.25) is 9.13 Å². The third-order valence-electron chi connectivity index (χ3n) is 2.53. The first kappa shape index (κ1) is 10.5. The summed E-state index contributed by atoms with van der Waals surface area (Å²) in [7, 11) is 0. The van der Waals surface area contributed by atoms with Gasteiger partial charge in [0.25, 0.3) is 0 Å². The second kappa shape index (κ2) is 4.24. The highest BCUT2D eigenvalue weighted by Crippen LogP contribution is 2.04. The predicted octanol–water partition coefficient (Wildman–Crippen LogP) is 0.548. The molecule has 82 valence electrons. The van der Waals surface area contributed by atoms with Crippen molar-refractivity contribution >= 4 is 11.6 Å². The fraction of sp³-hybridized carbons (Fsp3) is 0.500. The van der Waals surface area contributed by atoms with Crippen LogP contribution >= 0.6 is 11.6 Å². The number of nitrogens with zero attached hydrogens (tertiary/aromatic N) is 2. The molecule has 0 saturated carbocycles. The molecule has 2 heterocycles. The minimum Gasteiger partial charge on any atom is -0.309 e. The fourth-order valence-electron chi connectivity index (χ4n) is 1.77. The lowest BCUT2D eigenvalue weighted by Crippen LogP contribution is -2.34. The average Bonchev–Trinajstić information content (AvgIpc) is 2.57. The molecule has 1 aromatic rings. The van der Waals surface area contributed by atoms with E-state index in [1.165, 1.54) is 0 Å². The van der Waals surface area contributed by atoms with E-state index in [-0.39, 0.29) is 5.69 Å². The van der Waals surface area contributed by atoms with Gasteiger partial charge in [0.15, 0.2) is 0 Å². The molecule has 0 aromatic carbocycles. The Balaban J connectivity index is 2.29. The van der Waals surface area contributed by atoms with Crippen molar-refractivity contribution < 1.29 is 0 Å². The second-order valence-electron chi connectivity index (χ2n) is 3.74. The minimum absolute atomic E-state index is 0.0396. The van der Waals surface area contributed by atoms with Gasteiger partial charge in [0.2, 0.25) is 0 Å². The number of rotatable bonds is 3. The molecule has 0 amide bonds. The highest BCUT2D eigenvalue weighted by Gasteiger charge is 2.14. The normalized spacial score (nSPS) is 15.0. The highest BCUT2D eigenvalue weighted by atomic mass is 35.5. The summed E-state index contributed by atoms with van der Waals surface area (Å²) < 4.78 is 3.48. The molecule has 0 spiro atoms. The highest BCUT2D eigenvalue weighted by molar-refractivity contribution is 6.19. The molecule has 0 bridgehead atoms. The Kier molecular flexibility index (Phi) is 2.98. The van der Waals surface area contributed by atoms with Crippen LogP contribution in [0.15, 0.2) is 23.1 Å². The Bertz CT molecular complexity index is 432. The first-order valence-electron chi connectivity index (χ1n) is 4.94. The van der Waals surface area contributed by atoms with Crippen LogP contribution in [-0.2, 0) is 19.6 Å². The summed E-state index contributed by atoms with van der Waals surface area (Å²) in [5.41, 5.74) is 1.93.